The lowest BCUT2D eigenvalue weighted by atomic mass is 10.1. The van der Waals surface area contributed by atoms with Gasteiger partial charge in [-0.3, -0.25) is 9.59 Å². The van der Waals surface area contributed by atoms with Gasteiger partial charge in [0.25, 0.3) is 0 Å². The maximum Gasteiger partial charge on any atom is 0.341 e. The SMILES string of the molecule is CC(C)CC(=O)Nc1ccc(C(=O)COC(=O)c2ccccc2F)cc1. The van der Waals surface area contributed by atoms with Crippen LogP contribution in [-0.4, -0.2) is 24.3 Å². The van der Waals surface area contributed by atoms with Gasteiger partial charge in [0.1, 0.15) is 5.82 Å². The van der Waals surface area contributed by atoms with Crippen LogP contribution in [0, 0.1) is 11.7 Å². The molecule has 2 aromatic rings. The number of hydrogen-bond acceptors (Lipinski definition) is 4. The van der Waals surface area contributed by atoms with Gasteiger partial charge in [-0.05, 0) is 42.3 Å². The number of anilines is 1. The molecule has 0 aliphatic heterocycles. The van der Waals surface area contributed by atoms with Crippen LogP contribution in [0.4, 0.5) is 10.1 Å². The van der Waals surface area contributed by atoms with E-state index < -0.39 is 24.2 Å². The number of hydrogen-bond donors (Lipinski definition) is 1. The molecular formula is C20H20FNO4. The first-order chi connectivity index (χ1) is 12.4. The second kappa shape index (κ2) is 8.89. The number of nitrogens with one attached hydrogen (secondary N) is 1. The molecule has 0 aromatic heterocycles. The summed E-state index contributed by atoms with van der Waals surface area (Å²) in [4.78, 5) is 35.6. The Morgan fingerprint density at radius 1 is 1.04 bits per heavy atom. The minimum atomic E-state index is -0.894. The number of carbonyl (C=O) groups is 3. The summed E-state index contributed by atoms with van der Waals surface area (Å²) in [6.45, 7) is 3.40. The number of esters is 1. The Labute approximate surface area is 151 Å². The maximum absolute atomic E-state index is 13.5. The lowest BCUT2D eigenvalue weighted by Gasteiger charge is -2.08. The van der Waals surface area contributed by atoms with Crippen molar-refractivity contribution in [2.24, 2.45) is 5.92 Å². The van der Waals surface area contributed by atoms with Crippen molar-refractivity contribution in [1.29, 1.82) is 0 Å². The van der Waals surface area contributed by atoms with Gasteiger partial charge in [0, 0.05) is 17.7 Å². The van der Waals surface area contributed by atoms with Crippen LogP contribution < -0.4 is 5.32 Å². The summed E-state index contributed by atoms with van der Waals surface area (Å²) in [5.74, 6) is -1.87. The average Bonchev–Trinajstić information content (AvgIpc) is 2.59. The minimum Gasteiger partial charge on any atom is -0.454 e. The van der Waals surface area contributed by atoms with Gasteiger partial charge in [0.05, 0.1) is 5.56 Å². The van der Waals surface area contributed by atoms with Crippen molar-refractivity contribution in [3.05, 3.63) is 65.5 Å². The third kappa shape index (κ3) is 5.51. The van der Waals surface area contributed by atoms with Crippen LogP contribution in [0.5, 0.6) is 0 Å². The minimum absolute atomic E-state index is 0.0992. The molecule has 0 aliphatic carbocycles. The Morgan fingerprint density at radius 2 is 1.69 bits per heavy atom. The third-order valence-electron chi connectivity index (χ3n) is 3.51. The first-order valence-electron chi connectivity index (χ1n) is 8.21. The number of rotatable bonds is 7. The highest BCUT2D eigenvalue weighted by Gasteiger charge is 2.15. The average molecular weight is 357 g/mol. The van der Waals surface area contributed by atoms with E-state index in [2.05, 4.69) is 5.32 Å². The predicted octanol–water partition coefficient (Wildman–Crippen LogP) is 3.85. The van der Waals surface area contributed by atoms with Crippen LogP contribution in [0.2, 0.25) is 0 Å². The van der Waals surface area contributed by atoms with Crippen LogP contribution >= 0.6 is 0 Å². The highest BCUT2D eigenvalue weighted by atomic mass is 19.1. The molecule has 0 fully saturated rings. The van der Waals surface area contributed by atoms with Gasteiger partial charge in [0.2, 0.25) is 5.91 Å². The first kappa shape index (κ1) is 19.3. The van der Waals surface area contributed by atoms with Crippen LogP contribution in [0.3, 0.4) is 0 Å². The molecule has 26 heavy (non-hydrogen) atoms. The first-order valence-corrected chi connectivity index (χ1v) is 8.21. The van der Waals surface area contributed by atoms with E-state index in [9.17, 15) is 18.8 Å². The molecule has 0 saturated heterocycles. The van der Waals surface area contributed by atoms with Gasteiger partial charge in [-0.1, -0.05) is 26.0 Å². The molecule has 1 N–H and O–H groups in total. The van der Waals surface area contributed by atoms with Gasteiger partial charge >= 0.3 is 5.97 Å². The molecule has 2 aromatic carbocycles. The van der Waals surface area contributed by atoms with E-state index in [-0.39, 0.29) is 17.4 Å². The predicted molar refractivity (Wildman–Crippen MR) is 95.5 cm³/mol. The molecule has 6 heteroatoms. The van der Waals surface area contributed by atoms with Crippen molar-refractivity contribution < 1.29 is 23.5 Å². The number of Topliss-reactive ketones (excluding diaryl/α,β-unsaturated/α-hetero) is 1. The highest BCUT2D eigenvalue weighted by Crippen LogP contribution is 2.13. The molecule has 0 bridgehead atoms. The zero-order chi connectivity index (χ0) is 19.1. The maximum atomic E-state index is 13.5. The number of ketones is 1. The van der Waals surface area contributed by atoms with Crippen LogP contribution in [-0.2, 0) is 9.53 Å². The fourth-order valence-electron chi connectivity index (χ4n) is 2.24. The van der Waals surface area contributed by atoms with Crippen LogP contribution in [0.25, 0.3) is 0 Å². The third-order valence-corrected chi connectivity index (χ3v) is 3.51. The lowest BCUT2D eigenvalue weighted by molar-refractivity contribution is -0.116. The Morgan fingerprint density at radius 3 is 2.31 bits per heavy atom. The van der Waals surface area contributed by atoms with E-state index in [1.807, 2.05) is 13.8 Å². The van der Waals surface area contributed by atoms with Gasteiger partial charge in [-0.15, -0.1) is 0 Å². The molecule has 0 heterocycles. The van der Waals surface area contributed by atoms with Crippen molar-refractivity contribution in [3.63, 3.8) is 0 Å². The molecular weight excluding hydrogens is 337 g/mol. The summed E-state index contributed by atoms with van der Waals surface area (Å²) in [6.07, 6.45) is 0.409. The molecule has 136 valence electrons. The van der Waals surface area contributed by atoms with E-state index in [0.29, 0.717) is 17.7 Å². The Bertz CT molecular complexity index is 800. The summed E-state index contributed by atoms with van der Waals surface area (Å²) in [6, 6.07) is 11.7. The molecule has 0 unspecified atom stereocenters. The van der Waals surface area contributed by atoms with E-state index in [1.54, 1.807) is 12.1 Å². The Kier molecular flexibility index (Phi) is 6.60. The number of benzene rings is 2. The smallest absolute Gasteiger partial charge is 0.341 e. The van der Waals surface area contributed by atoms with Gasteiger partial charge < -0.3 is 10.1 Å². The molecule has 0 saturated carbocycles. The van der Waals surface area contributed by atoms with Crippen molar-refractivity contribution >= 4 is 23.3 Å². The number of halogens is 1. The second-order valence-electron chi connectivity index (χ2n) is 6.20. The normalized spacial score (nSPS) is 10.5. The van der Waals surface area contributed by atoms with Crippen molar-refractivity contribution in [3.8, 4) is 0 Å². The van der Waals surface area contributed by atoms with E-state index in [1.165, 1.54) is 30.3 Å². The standard InChI is InChI=1S/C20H20FNO4/c1-13(2)11-19(24)22-15-9-7-14(8-10-15)18(23)12-26-20(25)16-5-3-4-6-17(16)21/h3-10,13H,11-12H2,1-2H3,(H,22,24). The molecule has 0 atom stereocenters. The van der Waals surface area contributed by atoms with Crippen molar-refractivity contribution in [2.75, 3.05) is 11.9 Å². The summed E-state index contributed by atoms with van der Waals surface area (Å²) in [5.41, 5.74) is 0.687. The molecule has 2 rings (SSSR count). The van der Waals surface area contributed by atoms with Gasteiger partial charge in [0.15, 0.2) is 12.4 Å². The van der Waals surface area contributed by atoms with E-state index in [4.69, 9.17) is 4.74 Å². The van der Waals surface area contributed by atoms with Gasteiger partial charge in [-0.2, -0.15) is 0 Å². The van der Waals surface area contributed by atoms with Crippen molar-refractivity contribution in [1.82, 2.24) is 0 Å². The van der Waals surface area contributed by atoms with Crippen LogP contribution in [0.1, 0.15) is 41.0 Å². The number of ether oxygens (including phenoxy) is 1. The zero-order valence-corrected chi connectivity index (χ0v) is 14.6. The second-order valence-corrected chi connectivity index (χ2v) is 6.20. The largest absolute Gasteiger partial charge is 0.454 e. The topological polar surface area (TPSA) is 72.5 Å². The fourth-order valence-corrected chi connectivity index (χ4v) is 2.24. The molecule has 0 aliphatic rings. The number of carbonyl (C=O) groups excluding carboxylic acids is 3. The van der Waals surface area contributed by atoms with E-state index in [0.717, 1.165) is 6.07 Å². The summed E-state index contributed by atoms with van der Waals surface area (Å²) in [7, 11) is 0. The monoisotopic (exact) mass is 357 g/mol. The summed E-state index contributed by atoms with van der Waals surface area (Å²) in [5, 5.41) is 2.74. The summed E-state index contributed by atoms with van der Waals surface area (Å²) < 4.78 is 18.4. The molecule has 1 amide bonds. The zero-order valence-electron chi connectivity index (χ0n) is 14.6. The Hall–Kier alpha value is -3.02. The molecule has 0 radical (unpaired) electrons. The van der Waals surface area contributed by atoms with Crippen molar-refractivity contribution in [2.45, 2.75) is 20.3 Å². The highest BCUT2D eigenvalue weighted by molar-refractivity contribution is 6.00. The Balaban J connectivity index is 1.91. The van der Waals surface area contributed by atoms with E-state index >= 15 is 0 Å². The summed E-state index contributed by atoms with van der Waals surface area (Å²) >= 11 is 0. The molecule has 5 nitrogen and oxygen atoms in total. The lowest BCUT2D eigenvalue weighted by Crippen LogP contribution is -2.16. The fraction of sp³-hybridized carbons (Fsp3) is 0.250. The van der Waals surface area contributed by atoms with Gasteiger partial charge in [-0.25, -0.2) is 9.18 Å². The quantitative estimate of drug-likeness (QED) is 0.603. The van der Waals surface area contributed by atoms with Crippen LogP contribution in [0.15, 0.2) is 48.5 Å². The number of amides is 1. The molecule has 0 spiro atoms.